The van der Waals surface area contributed by atoms with Crippen molar-refractivity contribution in [3.8, 4) is 5.75 Å². The van der Waals surface area contributed by atoms with Gasteiger partial charge in [-0.05, 0) is 38.5 Å². The number of nitrogens with one attached hydrogen (secondary N) is 3. The van der Waals surface area contributed by atoms with Crippen molar-refractivity contribution in [2.45, 2.75) is 42.4 Å². The van der Waals surface area contributed by atoms with Crippen LogP contribution in [-0.4, -0.2) is 72.6 Å². The van der Waals surface area contributed by atoms with E-state index in [0.29, 0.717) is 13.8 Å². The van der Waals surface area contributed by atoms with E-state index in [1.54, 1.807) is 5.32 Å². The number of rotatable bonds is 3. The molecule has 3 amide bonds. The molecule has 1 atom stereocenters. The first-order chi connectivity index (χ1) is 18.4. The second kappa shape index (κ2) is 9.92. The molecule has 218 valence electrons. The molecule has 4 rings (SSSR count). The van der Waals surface area contributed by atoms with E-state index < -0.39 is 50.8 Å². The SMILES string of the molecule is Cn1cc2c(c1C(=O)Nc1ccc(F)c(Cl)c1)OCC1(CCN(C(=O)C(=O)NC(C)(C)C(F)(F)F)C1)NS2(=O)=O. The Morgan fingerprint density at radius 2 is 1.88 bits per heavy atom. The highest BCUT2D eigenvalue weighted by molar-refractivity contribution is 7.89. The van der Waals surface area contributed by atoms with E-state index >= 15 is 0 Å². The molecule has 1 aromatic heterocycles. The normalized spacial score (nSPS) is 20.4. The van der Waals surface area contributed by atoms with Crippen molar-refractivity contribution in [1.29, 1.82) is 0 Å². The Balaban J connectivity index is 1.54. The third-order valence-corrected chi connectivity index (χ3v) is 8.46. The summed E-state index contributed by atoms with van der Waals surface area (Å²) >= 11 is 5.76. The lowest BCUT2D eigenvalue weighted by molar-refractivity contribution is -0.189. The lowest BCUT2D eigenvalue weighted by atomic mass is 10.0. The molecule has 1 fully saturated rings. The van der Waals surface area contributed by atoms with Crippen LogP contribution in [0.1, 0.15) is 30.8 Å². The molecule has 1 unspecified atom stereocenters. The van der Waals surface area contributed by atoms with Gasteiger partial charge in [-0.3, -0.25) is 14.4 Å². The van der Waals surface area contributed by atoms with Gasteiger partial charge in [0.25, 0.3) is 5.91 Å². The minimum Gasteiger partial charge on any atom is -0.488 e. The number of fused-ring (bicyclic) bond motifs is 1. The molecule has 0 saturated carbocycles. The van der Waals surface area contributed by atoms with Gasteiger partial charge in [0.05, 0.1) is 10.6 Å². The molecule has 1 aromatic carbocycles. The molecule has 1 saturated heterocycles. The average Bonchev–Trinajstić information content (AvgIpc) is 3.37. The van der Waals surface area contributed by atoms with Crippen molar-refractivity contribution in [3.05, 3.63) is 40.9 Å². The standard InChI is InChI=1S/C23H24ClF4N5O6S/c1-21(2,23(26,27)28)30-19(35)20(36)33-7-6-22(10-33)11-39-17-15(40(37,38)31-22)9-32(3)16(17)18(34)29-12-4-5-14(25)13(24)8-12/h4-5,8-9,31H,6-7,10-11H2,1-3H3,(H,29,34)(H,30,35). The average molecular weight is 610 g/mol. The van der Waals surface area contributed by atoms with Crippen molar-refractivity contribution in [2.24, 2.45) is 7.05 Å². The Kier molecular flexibility index (Phi) is 7.34. The molecule has 3 N–H and O–H groups in total. The van der Waals surface area contributed by atoms with Crippen LogP contribution in [0, 0.1) is 5.82 Å². The second-order valence-electron chi connectivity index (χ2n) is 10.1. The molecule has 1 spiro atoms. The number of benzene rings is 1. The maximum atomic E-state index is 13.5. The zero-order valence-corrected chi connectivity index (χ0v) is 22.9. The maximum absolute atomic E-state index is 13.5. The number of carbonyl (C=O) groups excluding carboxylic acids is 3. The molecule has 2 aliphatic rings. The molecule has 0 aliphatic carbocycles. The van der Waals surface area contributed by atoms with Gasteiger partial charge in [0.2, 0.25) is 10.0 Å². The zero-order valence-electron chi connectivity index (χ0n) is 21.3. The number of anilines is 1. The molecule has 0 bridgehead atoms. The van der Waals surface area contributed by atoms with E-state index in [0.717, 1.165) is 17.2 Å². The quantitative estimate of drug-likeness (QED) is 0.360. The summed E-state index contributed by atoms with van der Waals surface area (Å²) < 4.78 is 89.0. The lowest BCUT2D eigenvalue weighted by Gasteiger charge is -2.30. The van der Waals surface area contributed by atoms with Gasteiger partial charge in [-0.1, -0.05) is 11.6 Å². The number of alkyl halides is 3. The van der Waals surface area contributed by atoms with E-state index in [-0.39, 0.29) is 53.2 Å². The minimum atomic E-state index is -4.82. The highest BCUT2D eigenvalue weighted by Gasteiger charge is 2.51. The first-order valence-corrected chi connectivity index (χ1v) is 13.5. The van der Waals surface area contributed by atoms with E-state index in [4.69, 9.17) is 16.3 Å². The van der Waals surface area contributed by atoms with Crippen LogP contribution in [0.5, 0.6) is 5.75 Å². The first-order valence-electron chi connectivity index (χ1n) is 11.7. The lowest BCUT2D eigenvalue weighted by Crippen LogP contribution is -2.58. The van der Waals surface area contributed by atoms with Gasteiger partial charge >= 0.3 is 18.0 Å². The number of hydrogen-bond donors (Lipinski definition) is 3. The zero-order chi connectivity index (χ0) is 29.8. The molecule has 2 aromatic rings. The van der Waals surface area contributed by atoms with Crippen LogP contribution < -0.4 is 20.1 Å². The van der Waals surface area contributed by atoms with E-state index in [1.807, 2.05) is 0 Å². The van der Waals surface area contributed by atoms with E-state index in [2.05, 4.69) is 10.0 Å². The number of amides is 3. The maximum Gasteiger partial charge on any atom is 0.410 e. The number of hydrogen-bond acceptors (Lipinski definition) is 6. The molecule has 2 aliphatic heterocycles. The summed E-state index contributed by atoms with van der Waals surface area (Å²) in [4.78, 5) is 38.5. The van der Waals surface area contributed by atoms with Gasteiger partial charge in [0.15, 0.2) is 11.4 Å². The number of carbonyl (C=O) groups is 3. The van der Waals surface area contributed by atoms with Crippen molar-refractivity contribution >= 4 is 45.0 Å². The summed E-state index contributed by atoms with van der Waals surface area (Å²) in [7, 11) is -2.93. The molecule has 3 heterocycles. The number of sulfonamides is 1. The highest BCUT2D eigenvalue weighted by Crippen LogP contribution is 2.37. The topological polar surface area (TPSA) is 139 Å². The fraction of sp³-hybridized carbons (Fsp3) is 0.435. The van der Waals surface area contributed by atoms with Crippen molar-refractivity contribution in [1.82, 2.24) is 19.5 Å². The number of ether oxygens (including phenoxy) is 1. The van der Waals surface area contributed by atoms with Crippen LogP contribution in [0.4, 0.5) is 23.2 Å². The second-order valence-corrected chi connectivity index (χ2v) is 12.2. The van der Waals surface area contributed by atoms with Crippen LogP contribution >= 0.6 is 11.6 Å². The molecule has 17 heteroatoms. The third kappa shape index (κ3) is 5.47. The van der Waals surface area contributed by atoms with Crippen LogP contribution in [-0.2, 0) is 26.7 Å². The summed E-state index contributed by atoms with van der Waals surface area (Å²) in [6.07, 6.45) is -3.70. The Labute approximate surface area is 230 Å². The Morgan fingerprint density at radius 1 is 1.20 bits per heavy atom. The van der Waals surface area contributed by atoms with Crippen LogP contribution in [0.2, 0.25) is 5.02 Å². The van der Waals surface area contributed by atoms with Gasteiger partial charge in [-0.15, -0.1) is 0 Å². The van der Waals surface area contributed by atoms with Crippen LogP contribution in [0.15, 0.2) is 29.3 Å². The number of halogens is 5. The predicted octanol–water partition coefficient (Wildman–Crippen LogP) is 2.17. The Hall–Kier alpha value is -3.37. The smallest absolute Gasteiger partial charge is 0.410 e. The highest BCUT2D eigenvalue weighted by atomic mass is 35.5. The first kappa shape index (κ1) is 29.6. The van der Waals surface area contributed by atoms with Crippen molar-refractivity contribution < 1.29 is 45.1 Å². The van der Waals surface area contributed by atoms with Gasteiger partial charge in [-0.25, -0.2) is 12.8 Å². The Morgan fingerprint density at radius 3 is 2.50 bits per heavy atom. The fourth-order valence-electron chi connectivity index (χ4n) is 4.31. The van der Waals surface area contributed by atoms with Gasteiger partial charge in [0.1, 0.15) is 22.9 Å². The molecular weight excluding hydrogens is 586 g/mol. The monoisotopic (exact) mass is 609 g/mol. The molecule has 11 nitrogen and oxygen atoms in total. The van der Waals surface area contributed by atoms with Crippen molar-refractivity contribution in [3.63, 3.8) is 0 Å². The van der Waals surface area contributed by atoms with Gasteiger partial charge < -0.3 is 24.8 Å². The number of nitrogens with zero attached hydrogens (tertiary/aromatic N) is 2. The summed E-state index contributed by atoms with van der Waals surface area (Å²) in [6, 6.07) is 3.46. The largest absolute Gasteiger partial charge is 0.488 e. The van der Waals surface area contributed by atoms with Crippen LogP contribution in [0.25, 0.3) is 0 Å². The Bertz CT molecular complexity index is 1510. The third-order valence-electron chi connectivity index (χ3n) is 6.60. The number of aromatic nitrogens is 1. The van der Waals surface area contributed by atoms with Crippen LogP contribution in [0.3, 0.4) is 0 Å². The van der Waals surface area contributed by atoms with E-state index in [1.165, 1.54) is 23.7 Å². The fourth-order valence-corrected chi connectivity index (χ4v) is 6.10. The van der Waals surface area contributed by atoms with Crippen molar-refractivity contribution in [2.75, 3.05) is 25.0 Å². The number of likely N-dealkylation sites (tertiary alicyclic amines) is 1. The summed E-state index contributed by atoms with van der Waals surface area (Å²) in [5, 5.41) is 3.90. The van der Waals surface area contributed by atoms with Gasteiger partial charge in [-0.2, -0.15) is 17.9 Å². The van der Waals surface area contributed by atoms with E-state index in [9.17, 15) is 40.4 Å². The summed E-state index contributed by atoms with van der Waals surface area (Å²) in [5.41, 5.74) is -4.16. The summed E-state index contributed by atoms with van der Waals surface area (Å²) in [6.45, 7) is 0.503. The molecular formula is C23H24ClF4N5O6S. The minimum absolute atomic E-state index is 0.0279. The molecule has 40 heavy (non-hydrogen) atoms. The summed E-state index contributed by atoms with van der Waals surface area (Å²) in [5.74, 6) is -4.55. The molecule has 0 radical (unpaired) electrons. The predicted molar refractivity (Wildman–Crippen MR) is 133 cm³/mol. The number of aryl methyl sites for hydroxylation is 1. The van der Waals surface area contributed by atoms with Gasteiger partial charge in [0, 0.05) is 32.0 Å².